The van der Waals surface area contributed by atoms with E-state index in [2.05, 4.69) is 4.98 Å². The van der Waals surface area contributed by atoms with Gasteiger partial charge >= 0.3 is 6.09 Å². The lowest BCUT2D eigenvalue weighted by atomic mass is 10.0. The van der Waals surface area contributed by atoms with Gasteiger partial charge in [0, 0.05) is 28.4 Å². The Bertz CT molecular complexity index is 1220. The van der Waals surface area contributed by atoms with Crippen LogP contribution in [0.1, 0.15) is 44.0 Å². The van der Waals surface area contributed by atoms with Crippen molar-refractivity contribution in [3.05, 3.63) is 58.7 Å². The number of aromatic nitrogens is 2. The van der Waals surface area contributed by atoms with E-state index >= 15 is 4.39 Å². The minimum Gasteiger partial charge on any atom is -0.755 e. The fraction of sp³-hybridized carbons (Fsp3) is 0.417. The number of aryl methyl sites for hydroxylation is 1. The Morgan fingerprint density at radius 3 is 2.63 bits per heavy atom. The first-order valence-corrected chi connectivity index (χ1v) is 12.9. The standard InChI is InChI=1S/C24H30FN3O5S2/c1-15(2)10-19-12-20(22(34-19)33-23(29)28(35(31)32)14-24(4,5)30)17-6-7-18(21(25)11-17)13-27-9-8-26-16(27)3/h6-9,11-12,15,30H,10,13-14H2,1-5H3,(H,31,32)/p-1. The number of carbonyl (C=O) groups excluding carboxylic acids is 1. The smallest absolute Gasteiger partial charge is 0.427 e. The summed E-state index contributed by atoms with van der Waals surface area (Å²) in [4.78, 5) is 17.8. The van der Waals surface area contributed by atoms with E-state index in [4.69, 9.17) is 4.74 Å². The molecule has 11 heteroatoms. The number of hydrogen-bond acceptors (Lipinski definition) is 7. The highest BCUT2D eigenvalue weighted by molar-refractivity contribution is 7.77. The van der Waals surface area contributed by atoms with Crippen molar-refractivity contribution in [1.82, 2.24) is 13.9 Å². The van der Waals surface area contributed by atoms with Gasteiger partial charge in [-0.1, -0.05) is 26.0 Å². The first kappa shape index (κ1) is 27.0. The van der Waals surface area contributed by atoms with Gasteiger partial charge in [0.25, 0.3) is 0 Å². The van der Waals surface area contributed by atoms with Crippen LogP contribution in [0.15, 0.2) is 36.7 Å². The highest BCUT2D eigenvalue weighted by Gasteiger charge is 2.27. The average molecular weight is 523 g/mol. The number of imidazole rings is 1. The van der Waals surface area contributed by atoms with Crippen molar-refractivity contribution in [3.8, 4) is 16.2 Å². The SMILES string of the molecule is Cc1nccn1Cc1ccc(-c2cc(CC(C)C)sc2OC(=O)N(CC(C)(C)O)S(=O)[O-])cc1F. The van der Waals surface area contributed by atoms with Crippen LogP contribution in [0.25, 0.3) is 11.1 Å². The number of benzene rings is 1. The Morgan fingerprint density at radius 1 is 1.37 bits per heavy atom. The van der Waals surface area contributed by atoms with Crippen molar-refractivity contribution >= 4 is 28.7 Å². The molecule has 190 valence electrons. The predicted molar refractivity (Wildman–Crippen MR) is 132 cm³/mol. The molecule has 3 aromatic rings. The monoisotopic (exact) mass is 522 g/mol. The van der Waals surface area contributed by atoms with Crippen LogP contribution in [0.5, 0.6) is 5.06 Å². The van der Waals surface area contributed by atoms with Crippen LogP contribution in [0.2, 0.25) is 0 Å². The van der Waals surface area contributed by atoms with Gasteiger partial charge in [-0.05, 0) is 50.8 Å². The van der Waals surface area contributed by atoms with Gasteiger partial charge < -0.3 is 19.0 Å². The molecule has 1 atom stereocenters. The molecular formula is C24H29FN3O5S2-. The molecule has 0 fully saturated rings. The van der Waals surface area contributed by atoms with Crippen LogP contribution >= 0.6 is 11.3 Å². The lowest BCUT2D eigenvalue weighted by Crippen LogP contribution is -2.44. The molecule has 1 N–H and O–H groups in total. The van der Waals surface area contributed by atoms with Crippen molar-refractivity contribution in [2.75, 3.05) is 6.54 Å². The number of hydrogen-bond donors (Lipinski definition) is 1. The second kappa shape index (κ2) is 11.0. The number of halogens is 1. The van der Waals surface area contributed by atoms with Gasteiger partial charge in [-0.15, -0.1) is 11.3 Å². The van der Waals surface area contributed by atoms with Gasteiger partial charge in [-0.3, -0.25) is 4.21 Å². The second-order valence-electron chi connectivity index (χ2n) is 9.35. The summed E-state index contributed by atoms with van der Waals surface area (Å²) < 4.78 is 46.0. The highest BCUT2D eigenvalue weighted by Crippen LogP contribution is 2.40. The number of carbonyl (C=O) groups is 1. The van der Waals surface area contributed by atoms with E-state index in [1.807, 2.05) is 31.4 Å². The molecule has 0 spiro atoms. The van der Waals surface area contributed by atoms with Crippen molar-refractivity contribution in [3.63, 3.8) is 0 Å². The predicted octanol–water partition coefficient (Wildman–Crippen LogP) is 4.67. The third-order valence-electron chi connectivity index (χ3n) is 5.08. The Kier molecular flexibility index (Phi) is 8.47. The molecule has 0 radical (unpaired) electrons. The Morgan fingerprint density at radius 2 is 2.09 bits per heavy atom. The summed E-state index contributed by atoms with van der Waals surface area (Å²) in [6, 6.07) is 6.61. The Labute approximate surface area is 210 Å². The molecule has 35 heavy (non-hydrogen) atoms. The maximum atomic E-state index is 15.0. The molecule has 0 bridgehead atoms. The maximum absolute atomic E-state index is 15.0. The number of thiophene rings is 1. The van der Waals surface area contributed by atoms with Gasteiger partial charge in [0.2, 0.25) is 0 Å². The van der Waals surface area contributed by atoms with Gasteiger partial charge in [0.1, 0.15) is 11.6 Å². The van der Waals surface area contributed by atoms with Crippen LogP contribution in [-0.2, 0) is 24.2 Å². The van der Waals surface area contributed by atoms with Gasteiger partial charge in [0.05, 0.1) is 30.0 Å². The summed E-state index contributed by atoms with van der Waals surface area (Å²) >= 11 is -1.74. The van der Waals surface area contributed by atoms with Crippen molar-refractivity contribution in [2.45, 2.75) is 53.2 Å². The topological polar surface area (TPSA) is 108 Å². The summed E-state index contributed by atoms with van der Waals surface area (Å²) in [5.74, 6) is 0.669. The third kappa shape index (κ3) is 7.20. The Hall–Kier alpha value is -2.60. The molecule has 0 saturated carbocycles. The molecule has 8 nitrogen and oxygen atoms in total. The summed E-state index contributed by atoms with van der Waals surface area (Å²) in [5, 5.41) is 10.1. The summed E-state index contributed by atoms with van der Waals surface area (Å²) in [7, 11) is 0. The van der Waals surface area contributed by atoms with E-state index in [-0.39, 0.29) is 5.06 Å². The fourth-order valence-corrected chi connectivity index (χ4v) is 5.27. The Balaban J connectivity index is 1.93. The summed E-state index contributed by atoms with van der Waals surface area (Å²) in [6.45, 7) is 8.54. The third-order valence-corrected chi connectivity index (χ3v) is 6.75. The fourth-order valence-electron chi connectivity index (χ4n) is 3.46. The lowest BCUT2D eigenvalue weighted by Gasteiger charge is -2.29. The minimum atomic E-state index is -2.95. The number of rotatable bonds is 9. The van der Waals surface area contributed by atoms with E-state index in [9.17, 15) is 18.7 Å². The normalized spacial score (nSPS) is 12.7. The van der Waals surface area contributed by atoms with Gasteiger partial charge in [0.15, 0.2) is 5.06 Å². The first-order chi connectivity index (χ1) is 16.3. The zero-order valence-corrected chi connectivity index (χ0v) is 21.9. The van der Waals surface area contributed by atoms with Gasteiger partial charge in [-0.2, -0.15) is 0 Å². The maximum Gasteiger partial charge on any atom is 0.427 e. The molecule has 0 aliphatic heterocycles. The number of aliphatic hydroxyl groups is 1. The largest absolute Gasteiger partial charge is 0.755 e. The summed E-state index contributed by atoms with van der Waals surface area (Å²) in [6.07, 6.45) is 2.99. The van der Waals surface area contributed by atoms with E-state index in [1.165, 1.54) is 31.3 Å². The number of amides is 1. The van der Waals surface area contributed by atoms with Crippen LogP contribution in [-0.4, -0.2) is 46.0 Å². The molecule has 0 saturated heterocycles. The van der Waals surface area contributed by atoms with E-state index in [1.54, 1.807) is 24.5 Å². The van der Waals surface area contributed by atoms with Crippen LogP contribution in [0.4, 0.5) is 9.18 Å². The molecule has 1 unspecified atom stereocenters. The molecule has 1 amide bonds. The van der Waals surface area contributed by atoms with Crippen molar-refractivity contribution in [2.24, 2.45) is 5.92 Å². The molecule has 2 heterocycles. The zero-order chi connectivity index (χ0) is 25.9. The van der Waals surface area contributed by atoms with Crippen LogP contribution < -0.4 is 4.74 Å². The minimum absolute atomic E-state index is 0.162. The first-order valence-electron chi connectivity index (χ1n) is 11.0. The molecule has 0 aliphatic rings. The zero-order valence-electron chi connectivity index (χ0n) is 20.3. The molecule has 1 aromatic carbocycles. The van der Waals surface area contributed by atoms with Crippen molar-refractivity contribution < 1.29 is 27.8 Å². The summed E-state index contributed by atoms with van der Waals surface area (Å²) in [5.41, 5.74) is 0.0134. The second-order valence-corrected chi connectivity index (χ2v) is 11.3. The molecule has 2 aromatic heterocycles. The highest BCUT2D eigenvalue weighted by atomic mass is 32.2. The molecule has 3 rings (SSSR count). The molecular weight excluding hydrogens is 493 g/mol. The van der Waals surface area contributed by atoms with E-state index in [0.29, 0.717) is 39.9 Å². The number of ether oxygens (including phenoxy) is 1. The average Bonchev–Trinajstić information content (AvgIpc) is 3.32. The number of nitrogens with zero attached hydrogens (tertiary/aromatic N) is 3. The van der Waals surface area contributed by atoms with E-state index < -0.39 is 35.3 Å². The van der Waals surface area contributed by atoms with Crippen molar-refractivity contribution in [1.29, 1.82) is 0 Å². The molecule has 0 aliphatic carbocycles. The quantitative estimate of drug-likeness (QED) is 0.409. The lowest BCUT2D eigenvalue weighted by molar-refractivity contribution is 0.0588. The van der Waals surface area contributed by atoms with Crippen LogP contribution in [0, 0.1) is 18.7 Å². The van der Waals surface area contributed by atoms with Crippen LogP contribution in [0.3, 0.4) is 0 Å². The van der Waals surface area contributed by atoms with E-state index in [0.717, 1.165) is 10.7 Å². The van der Waals surface area contributed by atoms with Gasteiger partial charge in [-0.25, -0.2) is 18.5 Å².